The molecule has 3 rings (SSSR count). The van der Waals surface area contributed by atoms with Crippen LogP contribution in [-0.4, -0.2) is 18.8 Å². The number of rotatable bonds is 9. The first-order valence-corrected chi connectivity index (χ1v) is 9.99. The second kappa shape index (κ2) is 9.76. The van der Waals surface area contributed by atoms with Crippen molar-refractivity contribution in [1.82, 2.24) is 0 Å². The maximum Gasteiger partial charge on any atom is 0.180 e. The zero-order valence-corrected chi connectivity index (χ0v) is 16.7. The summed E-state index contributed by atoms with van der Waals surface area (Å²) in [5.41, 5.74) is 1.93. The van der Waals surface area contributed by atoms with E-state index in [1.165, 1.54) is 0 Å². The Hall–Kier alpha value is -2.05. The second-order valence-corrected chi connectivity index (χ2v) is 7.57. The molecule has 0 unspecified atom stereocenters. The van der Waals surface area contributed by atoms with Crippen molar-refractivity contribution in [2.24, 2.45) is 0 Å². The molecule has 0 radical (unpaired) electrons. The molecule has 142 valence electrons. The van der Waals surface area contributed by atoms with Crippen LogP contribution in [0.4, 0.5) is 0 Å². The van der Waals surface area contributed by atoms with Gasteiger partial charge in [-0.25, -0.2) is 0 Å². The number of hydrogen-bond donors (Lipinski definition) is 2. The number of quaternary nitrogens is 1. The van der Waals surface area contributed by atoms with Gasteiger partial charge in [0.2, 0.25) is 0 Å². The fraction of sp³-hybridized carbons (Fsp3) is 0.238. The maximum atomic E-state index is 10.3. The molecule has 0 spiro atoms. The number of ether oxygens (including phenoxy) is 2. The van der Waals surface area contributed by atoms with Gasteiger partial charge in [-0.15, -0.1) is 11.3 Å². The van der Waals surface area contributed by atoms with Crippen molar-refractivity contribution >= 4 is 22.9 Å². The number of hydrogen-bond acceptors (Lipinski definition) is 4. The standard InChI is InChI=1S/C21H22ClNO3S/c1-25-20-11-15(12-23-13-19(24)16-6-3-2-4-7-16)10-18(22)21(20)26-14-17-8-5-9-27-17/h2-11,19,23-24H,12-14H2,1H3/p+1/t19-/m0/s1. The Bertz CT molecular complexity index is 840. The molecule has 0 fully saturated rings. The molecule has 4 nitrogen and oxygen atoms in total. The summed E-state index contributed by atoms with van der Waals surface area (Å²) in [7, 11) is 1.61. The minimum atomic E-state index is -0.503. The van der Waals surface area contributed by atoms with Gasteiger partial charge >= 0.3 is 0 Å². The summed E-state index contributed by atoms with van der Waals surface area (Å²) in [5.74, 6) is 1.17. The second-order valence-electron chi connectivity index (χ2n) is 6.13. The van der Waals surface area contributed by atoms with Crippen molar-refractivity contribution < 1.29 is 19.9 Å². The minimum Gasteiger partial charge on any atom is -0.493 e. The first kappa shape index (κ1) is 19.7. The molecule has 0 saturated heterocycles. The number of benzene rings is 2. The summed E-state index contributed by atoms with van der Waals surface area (Å²) in [6.07, 6.45) is -0.503. The zero-order valence-electron chi connectivity index (χ0n) is 15.1. The van der Waals surface area contributed by atoms with Crippen LogP contribution < -0.4 is 14.8 Å². The molecule has 3 N–H and O–H groups in total. The van der Waals surface area contributed by atoms with E-state index < -0.39 is 6.10 Å². The summed E-state index contributed by atoms with van der Waals surface area (Å²) in [5, 5.41) is 14.8. The van der Waals surface area contributed by atoms with Gasteiger partial charge in [0.15, 0.2) is 11.5 Å². The Balaban J connectivity index is 1.60. The molecule has 6 heteroatoms. The fourth-order valence-electron chi connectivity index (χ4n) is 2.79. The number of nitrogens with two attached hydrogens (primary N) is 1. The van der Waals surface area contributed by atoms with Crippen LogP contribution in [0.25, 0.3) is 0 Å². The SMILES string of the molecule is COc1cc(C[NH2+]C[C@H](O)c2ccccc2)cc(Cl)c1OCc1cccs1. The summed E-state index contributed by atoms with van der Waals surface area (Å²) < 4.78 is 11.3. The summed E-state index contributed by atoms with van der Waals surface area (Å²) in [6.45, 7) is 1.72. The van der Waals surface area contributed by atoms with Crippen LogP contribution in [0.2, 0.25) is 5.02 Å². The third kappa shape index (κ3) is 5.47. The van der Waals surface area contributed by atoms with Crippen molar-refractivity contribution in [3.63, 3.8) is 0 Å². The highest BCUT2D eigenvalue weighted by Crippen LogP contribution is 2.37. The van der Waals surface area contributed by atoms with Gasteiger partial charge in [0.05, 0.1) is 12.1 Å². The van der Waals surface area contributed by atoms with Gasteiger partial charge in [0.1, 0.15) is 25.8 Å². The van der Waals surface area contributed by atoms with E-state index in [2.05, 4.69) is 5.32 Å². The van der Waals surface area contributed by atoms with Gasteiger partial charge in [-0.3, -0.25) is 0 Å². The van der Waals surface area contributed by atoms with Crippen molar-refractivity contribution in [2.75, 3.05) is 13.7 Å². The van der Waals surface area contributed by atoms with E-state index >= 15 is 0 Å². The van der Waals surface area contributed by atoms with E-state index in [1.54, 1.807) is 18.4 Å². The smallest absolute Gasteiger partial charge is 0.180 e. The van der Waals surface area contributed by atoms with E-state index in [-0.39, 0.29) is 0 Å². The molecule has 2 aromatic carbocycles. The van der Waals surface area contributed by atoms with Crippen LogP contribution >= 0.6 is 22.9 Å². The van der Waals surface area contributed by atoms with Crippen molar-refractivity contribution in [2.45, 2.75) is 19.3 Å². The third-order valence-electron chi connectivity index (χ3n) is 4.18. The lowest BCUT2D eigenvalue weighted by Crippen LogP contribution is -2.83. The first-order valence-electron chi connectivity index (χ1n) is 8.73. The van der Waals surface area contributed by atoms with Crippen LogP contribution in [0.1, 0.15) is 22.1 Å². The minimum absolute atomic E-state index is 0.461. The number of halogens is 1. The van der Waals surface area contributed by atoms with Crippen LogP contribution in [0.15, 0.2) is 60.0 Å². The van der Waals surface area contributed by atoms with Gasteiger partial charge in [0.25, 0.3) is 0 Å². The number of thiophene rings is 1. The highest BCUT2D eigenvalue weighted by Gasteiger charge is 2.14. The summed E-state index contributed by atoms with van der Waals surface area (Å²) in [6, 6.07) is 17.5. The summed E-state index contributed by atoms with van der Waals surface area (Å²) >= 11 is 8.06. The van der Waals surface area contributed by atoms with Crippen LogP contribution in [0, 0.1) is 0 Å². The first-order chi connectivity index (χ1) is 13.2. The Morgan fingerprint density at radius 3 is 2.67 bits per heavy atom. The molecule has 3 aromatic rings. The van der Waals surface area contributed by atoms with Crippen LogP contribution in [-0.2, 0) is 13.2 Å². The van der Waals surface area contributed by atoms with E-state index in [0.717, 1.165) is 16.0 Å². The van der Waals surface area contributed by atoms with Gasteiger partial charge in [-0.2, -0.15) is 0 Å². The summed E-state index contributed by atoms with van der Waals surface area (Å²) in [4.78, 5) is 1.13. The van der Waals surface area contributed by atoms with E-state index in [4.69, 9.17) is 21.1 Å². The molecule has 0 amide bonds. The normalized spacial score (nSPS) is 12.0. The Kier molecular flexibility index (Phi) is 7.12. The van der Waals surface area contributed by atoms with Gasteiger partial charge in [-0.05, 0) is 29.1 Å². The Morgan fingerprint density at radius 1 is 1.15 bits per heavy atom. The number of aliphatic hydroxyl groups excluding tert-OH is 1. The average molecular weight is 405 g/mol. The molecule has 0 aliphatic rings. The molecule has 0 aliphatic heterocycles. The molecule has 0 bridgehead atoms. The van der Waals surface area contributed by atoms with Crippen LogP contribution in [0.3, 0.4) is 0 Å². The topological polar surface area (TPSA) is 55.3 Å². The lowest BCUT2D eigenvalue weighted by Gasteiger charge is -2.14. The molecule has 27 heavy (non-hydrogen) atoms. The molecule has 0 saturated carbocycles. The Morgan fingerprint density at radius 2 is 1.96 bits per heavy atom. The van der Waals surface area contributed by atoms with Gasteiger partial charge in [0, 0.05) is 10.4 Å². The zero-order chi connectivity index (χ0) is 19.1. The predicted octanol–water partition coefficient (Wildman–Crippen LogP) is 3.79. The molecule has 1 heterocycles. The molecular weight excluding hydrogens is 382 g/mol. The third-order valence-corrected chi connectivity index (χ3v) is 5.31. The number of aliphatic hydroxyl groups is 1. The maximum absolute atomic E-state index is 10.3. The molecule has 0 aliphatic carbocycles. The molecule has 1 aromatic heterocycles. The number of methoxy groups -OCH3 is 1. The average Bonchev–Trinajstić information content (AvgIpc) is 3.21. The van der Waals surface area contributed by atoms with Crippen molar-refractivity contribution in [3.8, 4) is 11.5 Å². The van der Waals surface area contributed by atoms with Crippen molar-refractivity contribution in [1.29, 1.82) is 0 Å². The predicted molar refractivity (Wildman–Crippen MR) is 109 cm³/mol. The highest BCUT2D eigenvalue weighted by atomic mass is 35.5. The molecular formula is C21H23ClNO3S+. The lowest BCUT2D eigenvalue weighted by molar-refractivity contribution is -0.677. The van der Waals surface area contributed by atoms with Crippen molar-refractivity contribution in [3.05, 3.63) is 81.0 Å². The van der Waals surface area contributed by atoms with E-state index in [1.807, 2.05) is 60.0 Å². The lowest BCUT2D eigenvalue weighted by atomic mass is 10.1. The van der Waals surface area contributed by atoms with Gasteiger partial charge in [-0.1, -0.05) is 48.0 Å². The highest BCUT2D eigenvalue weighted by molar-refractivity contribution is 7.09. The van der Waals surface area contributed by atoms with E-state index in [0.29, 0.717) is 36.2 Å². The molecule has 1 atom stereocenters. The monoisotopic (exact) mass is 404 g/mol. The van der Waals surface area contributed by atoms with E-state index in [9.17, 15) is 5.11 Å². The van der Waals surface area contributed by atoms with Crippen LogP contribution in [0.5, 0.6) is 11.5 Å². The van der Waals surface area contributed by atoms with Gasteiger partial charge < -0.3 is 19.9 Å². The fourth-order valence-corrected chi connectivity index (χ4v) is 3.69. The quantitative estimate of drug-likeness (QED) is 0.570. The largest absolute Gasteiger partial charge is 0.493 e. The Labute approximate surface area is 168 Å².